The van der Waals surface area contributed by atoms with E-state index in [2.05, 4.69) is 21.2 Å². The molecule has 21 heavy (non-hydrogen) atoms. The lowest BCUT2D eigenvalue weighted by Gasteiger charge is -2.09. The SMILES string of the molecule is O=C(NCc1ccccc1)c1cccc2c1CC(Br)C2=O. The summed E-state index contributed by atoms with van der Waals surface area (Å²) in [5, 5.41) is 2.91. The topological polar surface area (TPSA) is 46.2 Å². The molecule has 0 aliphatic heterocycles. The van der Waals surface area contributed by atoms with Crippen LogP contribution in [0.4, 0.5) is 0 Å². The van der Waals surface area contributed by atoms with Crippen LogP contribution in [-0.4, -0.2) is 16.5 Å². The minimum Gasteiger partial charge on any atom is -0.348 e. The number of carbonyl (C=O) groups excluding carboxylic acids is 2. The van der Waals surface area contributed by atoms with Gasteiger partial charge in [-0.2, -0.15) is 0 Å². The monoisotopic (exact) mass is 343 g/mol. The molecule has 1 N–H and O–H groups in total. The largest absolute Gasteiger partial charge is 0.348 e. The van der Waals surface area contributed by atoms with Crippen molar-refractivity contribution in [3.63, 3.8) is 0 Å². The first-order valence-corrected chi connectivity index (χ1v) is 7.70. The molecule has 2 aromatic carbocycles. The van der Waals surface area contributed by atoms with Gasteiger partial charge in [0.15, 0.2) is 5.78 Å². The zero-order valence-corrected chi connectivity index (χ0v) is 12.9. The molecule has 0 heterocycles. The van der Waals surface area contributed by atoms with Gasteiger partial charge in [-0.3, -0.25) is 9.59 Å². The standard InChI is InChI=1S/C17H14BrNO2/c18-15-9-14-12(16(15)20)7-4-8-13(14)17(21)19-10-11-5-2-1-3-6-11/h1-8,15H,9-10H2,(H,19,21). The Morgan fingerprint density at radius 3 is 2.67 bits per heavy atom. The minimum atomic E-state index is -0.212. The van der Waals surface area contributed by atoms with Gasteiger partial charge in [0.25, 0.3) is 5.91 Å². The normalized spacial score (nSPS) is 16.6. The van der Waals surface area contributed by atoms with Gasteiger partial charge >= 0.3 is 0 Å². The van der Waals surface area contributed by atoms with Gasteiger partial charge < -0.3 is 5.32 Å². The first kappa shape index (κ1) is 14.0. The quantitative estimate of drug-likeness (QED) is 0.870. The number of halogens is 1. The Labute approximate surface area is 131 Å². The number of hydrogen-bond acceptors (Lipinski definition) is 2. The summed E-state index contributed by atoms with van der Waals surface area (Å²) in [6.45, 7) is 0.481. The van der Waals surface area contributed by atoms with Crippen LogP contribution in [0, 0.1) is 0 Å². The molecule has 0 radical (unpaired) electrons. The zero-order chi connectivity index (χ0) is 14.8. The zero-order valence-electron chi connectivity index (χ0n) is 11.3. The number of hydrogen-bond donors (Lipinski definition) is 1. The van der Waals surface area contributed by atoms with E-state index in [-0.39, 0.29) is 16.5 Å². The summed E-state index contributed by atoms with van der Waals surface area (Å²) in [5.74, 6) is -0.0761. The third-order valence-electron chi connectivity index (χ3n) is 3.65. The van der Waals surface area contributed by atoms with Crippen LogP contribution in [0.3, 0.4) is 0 Å². The second-order valence-corrected chi connectivity index (χ2v) is 6.14. The fourth-order valence-corrected chi connectivity index (χ4v) is 3.13. The summed E-state index contributed by atoms with van der Waals surface area (Å²) in [7, 11) is 0. The molecule has 0 fully saturated rings. The minimum absolute atomic E-state index is 0.0581. The van der Waals surface area contributed by atoms with Gasteiger partial charge in [-0.1, -0.05) is 58.4 Å². The van der Waals surface area contributed by atoms with E-state index in [1.807, 2.05) is 30.3 Å². The van der Waals surface area contributed by atoms with Crippen molar-refractivity contribution < 1.29 is 9.59 Å². The van der Waals surface area contributed by atoms with Crippen LogP contribution in [0.25, 0.3) is 0 Å². The highest BCUT2D eigenvalue weighted by atomic mass is 79.9. The Kier molecular flexibility index (Phi) is 3.88. The van der Waals surface area contributed by atoms with Crippen LogP contribution < -0.4 is 5.32 Å². The molecule has 2 aromatic rings. The maximum Gasteiger partial charge on any atom is 0.251 e. The Balaban J connectivity index is 1.79. The number of Topliss-reactive ketones (excluding diaryl/α,β-unsaturated/α-hetero) is 1. The summed E-state index contributed by atoms with van der Waals surface area (Å²) in [6, 6.07) is 15.1. The lowest BCUT2D eigenvalue weighted by molar-refractivity contribution is 0.0949. The predicted molar refractivity (Wildman–Crippen MR) is 84.8 cm³/mol. The van der Waals surface area contributed by atoms with E-state index in [0.29, 0.717) is 24.1 Å². The molecule has 1 aliphatic rings. The highest BCUT2D eigenvalue weighted by Crippen LogP contribution is 2.29. The fraction of sp³-hybridized carbons (Fsp3) is 0.176. The number of benzene rings is 2. The van der Waals surface area contributed by atoms with Gasteiger partial charge in [-0.15, -0.1) is 0 Å². The molecular formula is C17H14BrNO2. The first-order chi connectivity index (χ1) is 10.2. The number of alkyl halides is 1. The van der Waals surface area contributed by atoms with Gasteiger partial charge in [0.1, 0.15) is 0 Å². The molecule has 0 aromatic heterocycles. The molecule has 0 bridgehead atoms. The van der Waals surface area contributed by atoms with Gasteiger partial charge in [0.05, 0.1) is 4.83 Å². The van der Waals surface area contributed by atoms with Crippen LogP contribution in [0.15, 0.2) is 48.5 Å². The van der Waals surface area contributed by atoms with E-state index in [1.54, 1.807) is 18.2 Å². The summed E-state index contributed by atoms with van der Waals surface area (Å²) >= 11 is 3.36. The second kappa shape index (κ2) is 5.82. The number of fused-ring (bicyclic) bond motifs is 1. The number of nitrogens with one attached hydrogen (secondary N) is 1. The van der Waals surface area contributed by atoms with Crippen LogP contribution >= 0.6 is 15.9 Å². The Hall–Kier alpha value is -1.94. The molecule has 4 heteroatoms. The number of amides is 1. The molecule has 0 saturated carbocycles. The third kappa shape index (κ3) is 2.76. The predicted octanol–water partition coefficient (Wildman–Crippen LogP) is 3.12. The maximum absolute atomic E-state index is 12.4. The Morgan fingerprint density at radius 1 is 1.14 bits per heavy atom. The average molecular weight is 344 g/mol. The average Bonchev–Trinajstić information content (AvgIpc) is 2.81. The Morgan fingerprint density at radius 2 is 1.90 bits per heavy atom. The van der Waals surface area contributed by atoms with Crippen LogP contribution in [-0.2, 0) is 13.0 Å². The summed E-state index contributed by atoms with van der Waals surface area (Å²) in [4.78, 5) is 24.1. The van der Waals surface area contributed by atoms with Gasteiger partial charge in [0, 0.05) is 17.7 Å². The third-order valence-corrected chi connectivity index (χ3v) is 4.39. The lowest BCUT2D eigenvalue weighted by atomic mass is 10.0. The molecule has 106 valence electrons. The molecular weight excluding hydrogens is 330 g/mol. The number of rotatable bonds is 3. The van der Waals surface area contributed by atoms with Gasteiger partial charge in [-0.25, -0.2) is 0 Å². The summed E-state index contributed by atoms with van der Waals surface area (Å²) in [6.07, 6.45) is 0.573. The van der Waals surface area contributed by atoms with Crippen molar-refractivity contribution in [3.05, 3.63) is 70.8 Å². The van der Waals surface area contributed by atoms with Crippen molar-refractivity contribution >= 4 is 27.6 Å². The molecule has 3 rings (SSSR count). The van der Waals surface area contributed by atoms with E-state index >= 15 is 0 Å². The molecule has 1 amide bonds. The lowest BCUT2D eigenvalue weighted by Crippen LogP contribution is -2.24. The van der Waals surface area contributed by atoms with Crippen molar-refractivity contribution in [2.45, 2.75) is 17.8 Å². The Bertz CT molecular complexity index is 697. The van der Waals surface area contributed by atoms with Crippen molar-refractivity contribution in [2.24, 2.45) is 0 Å². The van der Waals surface area contributed by atoms with Crippen molar-refractivity contribution in [1.82, 2.24) is 5.32 Å². The van der Waals surface area contributed by atoms with E-state index in [1.165, 1.54) is 0 Å². The van der Waals surface area contributed by atoms with Gasteiger partial charge in [0.2, 0.25) is 0 Å². The highest BCUT2D eigenvalue weighted by Gasteiger charge is 2.31. The van der Waals surface area contributed by atoms with E-state index in [9.17, 15) is 9.59 Å². The summed E-state index contributed by atoms with van der Waals surface area (Å²) in [5.41, 5.74) is 3.14. The molecule has 0 spiro atoms. The van der Waals surface area contributed by atoms with E-state index in [0.717, 1.165) is 11.1 Å². The van der Waals surface area contributed by atoms with Crippen LogP contribution in [0.2, 0.25) is 0 Å². The smallest absolute Gasteiger partial charge is 0.251 e. The number of ketones is 1. The first-order valence-electron chi connectivity index (χ1n) is 6.79. The van der Waals surface area contributed by atoms with Crippen molar-refractivity contribution in [3.8, 4) is 0 Å². The van der Waals surface area contributed by atoms with E-state index in [4.69, 9.17) is 0 Å². The molecule has 1 atom stereocenters. The fourth-order valence-electron chi connectivity index (χ4n) is 2.56. The second-order valence-electron chi connectivity index (χ2n) is 5.04. The van der Waals surface area contributed by atoms with Crippen molar-refractivity contribution in [2.75, 3.05) is 0 Å². The van der Waals surface area contributed by atoms with Crippen molar-refractivity contribution in [1.29, 1.82) is 0 Å². The van der Waals surface area contributed by atoms with E-state index < -0.39 is 0 Å². The molecule has 3 nitrogen and oxygen atoms in total. The molecule has 0 saturated heterocycles. The molecule has 1 aliphatic carbocycles. The maximum atomic E-state index is 12.4. The number of carbonyl (C=O) groups is 2. The summed E-state index contributed by atoms with van der Waals surface area (Å²) < 4.78 is 0. The van der Waals surface area contributed by atoms with Crippen LogP contribution in [0.1, 0.15) is 31.8 Å². The highest BCUT2D eigenvalue weighted by molar-refractivity contribution is 9.10. The van der Waals surface area contributed by atoms with Crippen LogP contribution in [0.5, 0.6) is 0 Å². The molecule has 1 unspecified atom stereocenters. The van der Waals surface area contributed by atoms with Gasteiger partial charge in [-0.05, 0) is 23.6 Å².